The molecule has 0 saturated carbocycles. The Bertz CT molecular complexity index is 868. The number of hydrogen-bond acceptors (Lipinski definition) is 6. The van der Waals surface area contributed by atoms with Crippen LogP contribution in [0.5, 0.6) is 0 Å². The topological polar surface area (TPSA) is 116 Å². The van der Waals surface area contributed by atoms with Crippen LogP contribution in [0, 0.1) is 11.3 Å². The number of pyridine rings is 1. The second kappa shape index (κ2) is 7.63. The summed E-state index contributed by atoms with van der Waals surface area (Å²) in [4.78, 5) is 30.1. The van der Waals surface area contributed by atoms with E-state index in [9.17, 15) is 14.7 Å². The summed E-state index contributed by atoms with van der Waals surface area (Å²) in [7, 11) is 0. The number of rotatable bonds is 4. The second-order valence-electron chi connectivity index (χ2n) is 5.64. The zero-order valence-corrected chi connectivity index (χ0v) is 13.8. The largest absolute Gasteiger partial charge is 0.478 e. The number of benzene rings is 1. The summed E-state index contributed by atoms with van der Waals surface area (Å²) in [6.07, 6.45) is 1.45. The molecule has 1 aromatic heterocycles. The van der Waals surface area contributed by atoms with Crippen molar-refractivity contribution >= 4 is 23.4 Å². The Morgan fingerprint density at radius 3 is 2.62 bits per heavy atom. The van der Waals surface area contributed by atoms with Gasteiger partial charge in [0.15, 0.2) is 0 Å². The van der Waals surface area contributed by atoms with E-state index in [2.05, 4.69) is 15.2 Å². The van der Waals surface area contributed by atoms with E-state index in [1.54, 1.807) is 12.1 Å². The minimum absolute atomic E-state index is 0.124. The number of carbonyl (C=O) groups excluding carboxylic acids is 1. The van der Waals surface area contributed by atoms with Gasteiger partial charge >= 0.3 is 5.97 Å². The van der Waals surface area contributed by atoms with Crippen molar-refractivity contribution in [3.63, 3.8) is 0 Å². The van der Waals surface area contributed by atoms with E-state index in [4.69, 9.17) is 10.00 Å². The molecule has 1 amide bonds. The number of nitriles is 1. The van der Waals surface area contributed by atoms with Crippen LogP contribution in [-0.4, -0.2) is 48.3 Å². The van der Waals surface area contributed by atoms with Crippen molar-refractivity contribution in [2.24, 2.45) is 0 Å². The number of ether oxygens (including phenoxy) is 1. The molecular weight excluding hydrogens is 336 g/mol. The quantitative estimate of drug-likeness (QED) is 0.861. The minimum atomic E-state index is -1.22. The fraction of sp³-hybridized carbons (Fsp3) is 0.222. The maximum Gasteiger partial charge on any atom is 0.337 e. The highest BCUT2D eigenvalue weighted by molar-refractivity contribution is 6.07. The molecule has 2 aromatic rings. The molecular formula is C18H16N4O4. The standard InChI is InChI=1S/C18H16N4O4/c19-10-12-1-3-15(14(9-12)18(24)25)21-17(23)13-2-4-16(20-11-13)22-5-7-26-8-6-22/h1-4,9,11H,5-8H2,(H,21,23)(H,24,25). The van der Waals surface area contributed by atoms with Crippen LogP contribution < -0.4 is 10.2 Å². The molecule has 8 heteroatoms. The molecule has 1 aliphatic heterocycles. The van der Waals surface area contributed by atoms with E-state index in [1.807, 2.05) is 6.07 Å². The summed E-state index contributed by atoms with van der Waals surface area (Å²) in [5.74, 6) is -0.939. The van der Waals surface area contributed by atoms with Crippen LogP contribution in [-0.2, 0) is 4.74 Å². The maximum absolute atomic E-state index is 12.4. The average Bonchev–Trinajstić information content (AvgIpc) is 2.69. The van der Waals surface area contributed by atoms with Gasteiger partial charge in [-0.05, 0) is 30.3 Å². The molecule has 1 fully saturated rings. The van der Waals surface area contributed by atoms with Crippen LogP contribution in [0.2, 0.25) is 0 Å². The zero-order valence-electron chi connectivity index (χ0n) is 13.8. The Labute approximate surface area is 149 Å². The molecule has 0 unspecified atom stereocenters. The van der Waals surface area contributed by atoms with Gasteiger partial charge in [0.05, 0.1) is 41.7 Å². The first-order valence-electron chi connectivity index (χ1n) is 7.96. The third-order valence-electron chi connectivity index (χ3n) is 3.97. The van der Waals surface area contributed by atoms with Crippen molar-refractivity contribution in [3.05, 3.63) is 53.2 Å². The summed E-state index contributed by atoms with van der Waals surface area (Å²) in [6, 6.07) is 9.32. The van der Waals surface area contributed by atoms with E-state index in [-0.39, 0.29) is 16.8 Å². The summed E-state index contributed by atoms with van der Waals surface area (Å²) in [5, 5.41) is 20.7. The number of carbonyl (C=O) groups is 2. The number of aromatic nitrogens is 1. The highest BCUT2D eigenvalue weighted by Crippen LogP contribution is 2.19. The highest BCUT2D eigenvalue weighted by Gasteiger charge is 2.16. The monoisotopic (exact) mass is 352 g/mol. The second-order valence-corrected chi connectivity index (χ2v) is 5.64. The van der Waals surface area contributed by atoms with Crippen molar-refractivity contribution in [2.45, 2.75) is 0 Å². The van der Waals surface area contributed by atoms with Gasteiger partial charge in [-0.1, -0.05) is 0 Å². The zero-order chi connectivity index (χ0) is 18.5. The van der Waals surface area contributed by atoms with Gasteiger partial charge in [0.2, 0.25) is 0 Å². The lowest BCUT2D eigenvalue weighted by atomic mass is 10.1. The molecule has 132 valence electrons. The first-order chi connectivity index (χ1) is 12.6. The fourth-order valence-corrected chi connectivity index (χ4v) is 2.59. The predicted octanol–water partition coefficient (Wildman–Crippen LogP) is 1.74. The maximum atomic E-state index is 12.4. The number of morpholine rings is 1. The first kappa shape index (κ1) is 17.4. The van der Waals surface area contributed by atoms with Crippen LogP contribution in [0.3, 0.4) is 0 Å². The van der Waals surface area contributed by atoms with E-state index in [0.717, 1.165) is 18.9 Å². The molecule has 2 heterocycles. The Morgan fingerprint density at radius 1 is 1.23 bits per heavy atom. The Balaban J connectivity index is 1.76. The van der Waals surface area contributed by atoms with Crippen LogP contribution in [0.4, 0.5) is 11.5 Å². The van der Waals surface area contributed by atoms with Gasteiger partial charge in [0.1, 0.15) is 5.82 Å². The number of nitrogens with zero attached hydrogens (tertiary/aromatic N) is 3. The molecule has 0 bridgehead atoms. The fourth-order valence-electron chi connectivity index (χ4n) is 2.59. The van der Waals surface area contributed by atoms with Crippen molar-refractivity contribution < 1.29 is 19.4 Å². The third kappa shape index (κ3) is 3.79. The summed E-state index contributed by atoms with van der Waals surface area (Å²) < 4.78 is 5.29. The minimum Gasteiger partial charge on any atom is -0.478 e. The number of nitrogens with one attached hydrogen (secondary N) is 1. The Hall–Kier alpha value is -3.44. The lowest BCUT2D eigenvalue weighted by Crippen LogP contribution is -2.36. The number of carboxylic acids is 1. The van der Waals surface area contributed by atoms with Crippen LogP contribution >= 0.6 is 0 Å². The van der Waals surface area contributed by atoms with Gasteiger partial charge < -0.3 is 20.1 Å². The first-order valence-corrected chi connectivity index (χ1v) is 7.96. The van der Waals surface area contributed by atoms with Gasteiger partial charge in [0.25, 0.3) is 5.91 Å². The average molecular weight is 352 g/mol. The van der Waals surface area contributed by atoms with Crippen LogP contribution in [0.15, 0.2) is 36.5 Å². The highest BCUT2D eigenvalue weighted by atomic mass is 16.5. The Morgan fingerprint density at radius 2 is 2.00 bits per heavy atom. The smallest absolute Gasteiger partial charge is 0.337 e. The summed E-state index contributed by atoms with van der Waals surface area (Å²) >= 11 is 0. The lowest BCUT2D eigenvalue weighted by molar-refractivity contribution is 0.0698. The SMILES string of the molecule is N#Cc1ccc(NC(=O)c2ccc(N3CCOCC3)nc2)c(C(=O)O)c1. The van der Waals surface area contributed by atoms with Crippen molar-refractivity contribution in [1.82, 2.24) is 4.98 Å². The van der Waals surface area contributed by atoms with Gasteiger partial charge in [-0.15, -0.1) is 0 Å². The van der Waals surface area contributed by atoms with E-state index < -0.39 is 11.9 Å². The number of aromatic carboxylic acids is 1. The van der Waals surface area contributed by atoms with E-state index >= 15 is 0 Å². The van der Waals surface area contributed by atoms with Crippen LogP contribution in [0.25, 0.3) is 0 Å². The molecule has 0 atom stereocenters. The van der Waals surface area contributed by atoms with E-state index in [0.29, 0.717) is 18.8 Å². The van der Waals surface area contributed by atoms with Gasteiger partial charge in [-0.3, -0.25) is 4.79 Å². The van der Waals surface area contributed by atoms with Gasteiger partial charge in [0, 0.05) is 19.3 Å². The third-order valence-corrected chi connectivity index (χ3v) is 3.97. The summed E-state index contributed by atoms with van der Waals surface area (Å²) in [5.41, 5.74) is 0.494. The lowest BCUT2D eigenvalue weighted by Gasteiger charge is -2.27. The summed E-state index contributed by atoms with van der Waals surface area (Å²) in [6.45, 7) is 2.76. The van der Waals surface area contributed by atoms with Gasteiger partial charge in [-0.25, -0.2) is 9.78 Å². The molecule has 8 nitrogen and oxygen atoms in total. The molecule has 2 N–H and O–H groups in total. The Kier molecular flexibility index (Phi) is 5.10. The predicted molar refractivity (Wildman–Crippen MR) is 93.3 cm³/mol. The number of amides is 1. The molecule has 3 rings (SSSR count). The molecule has 1 aromatic carbocycles. The van der Waals surface area contributed by atoms with Crippen molar-refractivity contribution in [1.29, 1.82) is 5.26 Å². The van der Waals surface area contributed by atoms with Crippen LogP contribution in [0.1, 0.15) is 26.3 Å². The molecule has 0 radical (unpaired) electrons. The molecule has 0 spiro atoms. The molecule has 0 aliphatic carbocycles. The van der Waals surface area contributed by atoms with Crippen molar-refractivity contribution in [2.75, 3.05) is 36.5 Å². The van der Waals surface area contributed by atoms with Crippen molar-refractivity contribution in [3.8, 4) is 6.07 Å². The number of hydrogen-bond donors (Lipinski definition) is 2. The number of carboxylic acid groups (broad SMARTS) is 1. The molecule has 1 aliphatic rings. The number of anilines is 2. The van der Waals surface area contributed by atoms with E-state index in [1.165, 1.54) is 24.4 Å². The molecule has 26 heavy (non-hydrogen) atoms. The van der Waals surface area contributed by atoms with Gasteiger partial charge in [-0.2, -0.15) is 5.26 Å². The normalized spacial score (nSPS) is 13.7. The molecule has 1 saturated heterocycles.